The maximum Gasteiger partial charge on any atom is 0.221 e. The number of hydrogen-bond donors (Lipinski definition) is 0. The molecule has 17 heavy (non-hydrogen) atoms. The highest BCUT2D eigenvalue weighted by molar-refractivity contribution is 9.10. The third kappa shape index (κ3) is 2.11. The summed E-state index contributed by atoms with van der Waals surface area (Å²) in [4.78, 5) is 4.53. The Labute approximate surface area is 108 Å². The molecular weight excluding hydrogens is 278 g/mol. The van der Waals surface area contributed by atoms with E-state index in [4.69, 9.17) is 4.74 Å². The van der Waals surface area contributed by atoms with Crippen LogP contribution in [0.15, 0.2) is 58.0 Å². The first kappa shape index (κ1) is 10.5. The maximum absolute atomic E-state index is 5.67. The molecule has 0 unspecified atom stereocenters. The number of halogens is 1. The molecule has 84 valence electrons. The van der Waals surface area contributed by atoms with Gasteiger partial charge < -0.3 is 4.74 Å². The highest BCUT2D eigenvalue weighted by atomic mass is 79.9. The van der Waals surface area contributed by atoms with Crippen LogP contribution < -0.4 is 0 Å². The molecule has 1 heterocycles. The van der Waals surface area contributed by atoms with E-state index in [1.807, 2.05) is 48.5 Å². The Balaban J connectivity index is 2.03. The van der Waals surface area contributed by atoms with Crippen LogP contribution in [0.4, 0.5) is 5.69 Å². The summed E-state index contributed by atoms with van der Waals surface area (Å²) in [5.41, 5.74) is 3.11. The molecule has 1 aliphatic heterocycles. The predicted octanol–water partition coefficient (Wildman–Crippen LogP) is 4.06. The van der Waals surface area contributed by atoms with Crippen molar-refractivity contribution in [3.63, 3.8) is 0 Å². The Morgan fingerprint density at radius 1 is 1.06 bits per heavy atom. The van der Waals surface area contributed by atoms with Gasteiger partial charge in [-0.05, 0) is 30.3 Å². The zero-order chi connectivity index (χ0) is 11.7. The minimum absolute atomic E-state index is 0.572. The Morgan fingerprint density at radius 3 is 2.71 bits per heavy atom. The molecule has 1 aliphatic rings. The fraction of sp³-hybridized carbons (Fsp3) is 0.0714. The predicted molar refractivity (Wildman–Crippen MR) is 71.6 cm³/mol. The van der Waals surface area contributed by atoms with E-state index >= 15 is 0 Å². The van der Waals surface area contributed by atoms with Gasteiger partial charge in [0, 0.05) is 15.6 Å². The summed E-state index contributed by atoms with van der Waals surface area (Å²) in [6, 6.07) is 16.0. The summed E-state index contributed by atoms with van der Waals surface area (Å²) >= 11 is 3.45. The SMILES string of the molecule is Brc1ccc2c(c1)COC(c1ccccc1)=N2. The van der Waals surface area contributed by atoms with Crippen molar-refractivity contribution >= 4 is 27.5 Å². The lowest BCUT2D eigenvalue weighted by molar-refractivity contribution is 0.288. The van der Waals surface area contributed by atoms with Crippen molar-refractivity contribution < 1.29 is 4.74 Å². The lowest BCUT2D eigenvalue weighted by atomic mass is 10.1. The fourth-order valence-corrected chi connectivity index (χ4v) is 2.20. The average molecular weight is 288 g/mol. The highest BCUT2D eigenvalue weighted by Gasteiger charge is 2.14. The number of ether oxygens (including phenoxy) is 1. The summed E-state index contributed by atoms with van der Waals surface area (Å²) in [7, 11) is 0. The summed E-state index contributed by atoms with van der Waals surface area (Å²) in [6.07, 6.45) is 0. The van der Waals surface area contributed by atoms with Crippen LogP contribution in [0.2, 0.25) is 0 Å². The molecule has 0 aromatic heterocycles. The van der Waals surface area contributed by atoms with Gasteiger partial charge in [0.2, 0.25) is 5.90 Å². The van der Waals surface area contributed by atoms with Crippen molar-refractivity contribution in [1.29, 1.82) is 0 Å². The van der Waals surface area contributed by atoms with E-state index in [-0.39, 0.29) is 0 Å². The standard InChI is InChI=1S/C14H10BrNO/c15-12-6-7-13-11(8-12)9-17-14(16-13)10-4-2-1-3-5-10/h1-8H,9H2. The minimum atomic E-state index is 0.572. The van der Waals surface area contributed by atoms with E-state index < -0.39 is 0 Å². The first-order chi connectivity index (χ1) is 8.33. The normalized spacial score (nSPS) is 13.6. The van der Waals surface area contributed by atoms with Crippen molar-refractivity contribution in [3.8, 4) is 0 Å². The van der Waals surface area contributed by atoms with Crippen LogP contribution in [0, 0.1) is 0 Å². The Kier molecular flexibility index (Phi) is 2.69. The number of nitrogens with zero attached hydrogens (tertiary/aromatic N) is 1. The van der Waals surface area contributed by atoms with Gasteiger partial charge in [0.1, 0.15) is 6.61 Å². The molecule has 3 rings (SSSR count). The molecule has 0 N–H and O–H groups in total. The van der Waals surface area contributed by atoms with Gasteiger partial charge in [-0.1, -0.05) is 34.1 Å². The molecule has 0 spiro atoms. The second kappa shape index (κ2) is 4.34. The van der Waals surface area contributed by atoms with Gasteiger partial charge in [-0.2, -0.15) is 0 Å². The number of benzene rings is 2. The second-order valence-corrected chi connectivity index (χ2v) is 4.76. The molecule has 0 aliphatic carbocycles. The number of rotatable bonds is 1. The summed E-state index contributed by atoms with van der Waals surface area (Å²) in [6.45, 7) is 0.572. The van der Waals surface area contributed by atoms with E-state index in [1.165, 1.54) is 0 Å². The van der Waals surface area contributed by atoms with Crippen molar-refractivity contribution in [1.82, 2.24) is 0 Å². The van der Waals surface area contributed by atoms with Gasteiger partial charge in [0.25, 0.3) is 0 Å². The van der Waals surface area contributed by atoms with Crippen LogP contribution in [0.5, 0.6) is 0 Å². The van der Waals surface area contributed by atoms with Crippen LogP contribution >= 0.6 is 15.9 Å². The molecule has 0 saturated heterocycles. The average Bonchev–Trinajstić information content (AvgIpc) is 2.39. The molecule has 0 amide bonds. The number of aliphatic imine (C=N–C) groups is 1. The number of hydrogen-bond acceptors (Lipinski definition) is 2. The second-order valence-electron chi connectivity index (χ2n) is 3.84. The molecule has 0 bridgehead atoms. The lowest BCUT2D eigenvalue weighted by Gasteiger charge is -2.17. The van der Waals surface area contributed by atoms with Crippen LogP contribution in [0.25, 0.3) is 0 Å². The van der Waals surface area contributed by atoms with E-state index in [0.717, 1.165) is 21.3 Å². The Hall–Kier alpha value is -1.61. The van der Waals surface area contributed by atoms with Crippen molar-refractivity contribution in [2.75, 3.05) is 0 Å². The van der Waals surface area contributed by atoms with Gasteiger partial charge >= 0.3 is 0 Å². The Bertz CT molecular complexity index is 578. The summed E-state index contributed by atoms with van der Waals surface area (Å²) in [5.74, 6) is 0.695. The highest BCUT2D eigenvalue weighted by Crippen LogP contribution is 2.28. The van der Waals surface area contributed by atoms with Crippen LogP contribution in [0.3, 0.4) is 0 Å². The zero-order valence-electron chi connectivity index (χ0n) is 9.06. The molecule has 2 aromatic rings. The van der Waals surface area contributed by atoms with E-state index in [2.05, 4.69) is 20.9 Å². The van der Waals surface area contributed by atoms with Crippen molar-refractivity contribution in [3.05, 3.63) is 64.1 Å². The van der Waals surface area contributed by atoms with Gasteiger partial charge in [-0.15, -0.1) is 0 Å². The zero-order valence-corrected chi connectivity index (χ0v) is 10.6. The number of fused-ring (bicyclic) bond motifs is 1. The van der Waals surface area contributed by atoms with Crippen LogP contribution in [-0.4, -0.2) is 5.90 Å². The monoisotopic (exact) mass is 287 g/mol. The molecule has 3 heteroatoms. The lowest BCUT2D eigenvalue weighted by Crippen LogP contribution is -2.10. The molecule has 2 aromatic carbocycles. The fourth-order valence-electron chi connectivity index (χ4n) is 1.80. The van der Waals surface area contributed by atoms with Gasteiger partial charge in [0.15, 0.2) is 0 Å². The molecule has 0 atom stereocenters. The van der Waals surface area contributed by atoms with Gasteiger partial charge in [-0.3, -0.25) is 0 Å². The summed E-state index contributed by atoms with van der Waals surface area (Å²) in [5, 5.41) is 0. The third-order valence-corrected chi connectivity index (χ3v) is 3.14. The molecule has 2 nitrogen and oxygen atoms in total. The largest absolute Gasteiger partial charge is 0.472 e. The minimum Gasteiger partial charge on any atom is -0.472 e. The van der Waals surface area contributed by atoms with Crippen molar-refractivity contribution in [2.45, 2.75) is 6.61 Å². The van der Waals surface area contributed by atoms with Crippen LogP contribution in [0.1, 0.15) is 11.1 Å². The van der Waals surface area contributed by atoms with Gasteiger partial charge in [0.05, 0.1) is 5.69 Å². The van der Waals surface area contributed by atoms with Crippen LogP contribution in [-0.2, 0) is 11.3 Å². The third-order valence-electron chi connectivity index (χ3n) is 2.65. The van der Waals surface area contributed by atoms with Crippen molar-refractivity contribution in [2.24, 2.45) is 4.99 Å². The molecular formula is C14H10BrNO. The topological polar surface area (TPSA) is 21.6 Å². The maximum atomic E-state index is 5.67. The van der Waals surface area contributed by atoms with E-state index in [0.29, 0.717) is 12.5 Å². The quantitative estimate of drug-likeness (QED) is 0.775. The molecule has 0 fully saturated rings. The smallest absolute Gasteiger partial charge is 0.221 e. The summed E-state index contributed by atoms with van der Waals surface area (Å²) < 4.78 is 6.73. The first-order valence-corrected chi connectivity index (χ1v) is 6.17. The first-order valence-electron chi connectivity index (χ1n) is 5.38. The van der Waals surface area contributed by atoms with E-state index in [9.17, 15) is 0 Å². The van der Waals surface area contributed by atoms with E-state index in [1.54, 1.807) is 0 Å². The molecule has 0 radical (unpaired) electrons. The molecule has 0 saturated carbocycles. The van der Waals surface area contributed by atoms with Gasteiger partial charge in [-0.25, -0.2) is 4.99 Å². The Morgan fingerprint density at radius 2 is 1.88 bits per heavy atom.